The van der Waals surface area contributed by atoms with E-state index in [0.29, 0.717) is 18.7 Å². The molecule has 0 unspecified atom stereocenters. The fourth-order valence-electron chi connectivity index (χ4n) is 4.17. The molecular weight excluding hydrogens is 388 g/mol. The zero-order valence-corrected chi connectivity index (χ0v) is 18.4. The van der Waals surface area contributed by atoms with Gasteiger partial charge in [-0.15, -0.1) is 0 Å². The number of benzene rings is 2. The van der Waals surface area contributed by atoms with Gasteiger partial charge in [0.25, 0.3) is 0 Å². The number of para-hydroxylation sites is 1. The second kappa shape index (κ2) is 8.11. The molecule has 2 heterocycles. The van der Waals surface area contributed by atoms with E-state index in [-0.39, 0.29) is 6.09 Å². The summed E-state index contributed by atoms with van der Waals surface area (Å²) >= 11 is 0. The third-order valence-corrected chi connectivity index (χ3v) is 5.72. The average molecular weight is 417 g/mol. The summed E-state index contributed by atoms with van der Waals surface area (Å²) in [5.41, 5.74) is 3.22. The number of nitrogens with zero attached hydrogens (tertiary/aromatic N) is 2. The largest absolute Gasteiger partial charge is 0.482 e. The molecule has 31 heavy (non-hydrogen) atoms. The van der Waals surface area contributed by atoms with E-state index in [9.17, 15) is 4.79 Å². The third kappa shape index (κ3) is 4.74. The van der Waals surface area contributed by atoms with Crippen LogP contribution in [0.4, 0.5) is 4.79 Å². The second-order valence-electron chi connectivity index (χ2n) is 9.29. The SMILES string of the molecule is CC(C)(C)OC(=O)N1CCC2(C=C(Cc3ccc(C#N)cc3)c3ccccc3O2)CC1. The lowest BCUT2D eigenvalue weighted by molar-refractivity contribution is -0.00122. The molecule has 1 amide bonds. The fraction of sp³-hybridized carbons (Fsp3) is 0.385. The van der Waals surface area contributed by atoms with Crippen LogP contribution in [0, 0.1) is 11.3 Å². The molecular formula is C26H28N2O3. The van der Waals surface area contributed by atoms with Crippen molar-refractivity contribution in [1.82, 2.24) is 4.90 Å². The van der Waals surface area contributed by atoms with Gasteiger partial charge in [-0.2, -0.15) is 5.26 Å². The summed E-state index contributed by atoms with van der Waals surface area (Å²) in [5, 5.41) is 9.05. The molecule has 1 spiro atoms. The van der Waals surface area contributed by atoms with Crippen LogP contribution in [0.1, 0.15) is 50.3 Å². The Morgan fingerprint density at radius 3 is 2.45 bits per heavy atom. The summed E-state index contributed by atoms with van der Waals surface area (Å²) < 4.78 is 12.0. The van der Waals surface area contributed by atoms with Crippen molar-refractivity contribution in [3.8, 4) is 11.8 Å². The highest BCUT2D eigenvalue weighted by atomic mass is 16.6. The van der Waals surface area contributed by atoms with Crippen LogP contribution < -0.4 is 4.74 Å². The van der Waals surface area contributed by atoms with E-state index in [0.717, 1.165) is 36.1 Å². The number of amides is 1. The molecule has 5 nitrogen and oxygen atoms in total. The van der Waals surface area contributed by atoms with Crippen LogP contribution in [0.2, 0.25) is 0 Å². The van der Waals surface area contributed by atoms with Gasteiger partial charge in [-0.05, 0) is 62.6 Å². The Kier molecular flexibility index (Phi) is 5.49. The Morgan fingerprint density at radius 2 is 1.81 bits per heavy atom. The minimum Gasteiger partial charge on any atom is -0.482 e. The van der Waals surface area contributed by atoms with Crippen molar-refractivity contribution >= 4 is 11.7 Å². The Morgan fingerprint density at radius 1 is 1.13 bits per heavy atom. The van der Waals surface area contributed by atoms with Crippen molar-refractivity contribution in [1.29, 1.82) is 5.26 Å². The summed E-state index contributed by atoms with van der Waals surface area (Å²) in [5.74, 6) is 0.888. The number of hydrogen-bond donors (Lipinski definition) is 0. The highest BCUT2D eigenvalue weighted by molar-refractivity contribution is 5.75. The maximum absolute atomic E-state index is 12.5. The van der Waals surface area contributed by atoms with Gasteiger partial charge in [0.05, 0.1) is 11.6 Å². The average Bonchev–Trinajstić information content (AvgIpc) is 2.73. The van der Waals surface area contributed by atoms with Crippen molar-refractivity contribution in [2.75, 3.05) is 13.1 Å². The monoisotopic (exact) mass is 416 g/mol. The minimum atomic E-state index is -0.499. The van der Waals surface area contributed by atoms with Crippen molar-refractivity contribution in [3.05, 3.63) is 71.3 Å². The topological polar surface area (TPSA) is 62.6 Å². The van der Waals surface area contributed by atoms with Gasteiger partial charge in [0, 0.05) is 31.5 Å². The first-order chi connectivity index (χ1) is 14.8. The molecule has 2 aliphatic rings. The first-order valence-corrected chi connectivity index (χ1v) is 10.7. The standard InChI is InChI=1S/C26H28N2O3/c1-25(2,3)31-24(29)28-14-12-26(13-15-28)17-21(22-6-4-5-7-23(22)30-26)16-19-8-10-20(18-27)11-9-19/h4-11,17H,12-16H2,1-3H3. The van der Waals surface area contributed by atoms with E-state index in [1.807, 2.05) is 63.2 Å². The zero-order valence-electron chi connectivity index (χ0n) is 18.4. The molecule has 4 rings (SSSR count). The number of ether oxygens (including phenoxy) is 2. The number of hydrogen-bond acceptors (Lipinski definition) is 4. The van der Waals surface area contributed by atoms with E-state index < -0.39 is 11.2 Å². The predicted octanol–water partition coefficient (Wildman–Crippen LogP) is 5.35. The summed E-state index contributed by atoms with van der Waals surface area (Å²) in [6, 6.07) is 18.0. The lowest BCUT2D eigenvalue weighted by Crippen LogP contribution is -2.50. The van der Waals surface area contributed by atoms with Crippen molar-refractivity contribution < 1.29 is 14.3 Å². The lowest BCUT2D eigenvalue weighted by atomic mass is 9.83. The second-order valence-corrected chi connectivity index (χ2v) is 9.29. The van der Waals surface area contributed by atoms with Crippen LogP contribution in [-0.2, 0) is 11.2 Å². The van der Waals surface area contributed by atoms with E-state index in [1.54, 1.807) is 4.90 Å². The van der Waals surface area contributed by atoms with E-state index in [4.69, 9.17) is 14.7 Å². The van der Waals surface area contributed by atoms with Gasteiger partial charge in [-0.1, -0.05) is 30.3 Å². The molecule has 2 aromatic carbocycles. The Balaban J connectivity index is 1.56. The predicted molar refractivity (Wildman–Crippen MR) is 120 cm³/mol. The maximum atomic E-state index is 12.5. The molecule has 0 N–H and O–H groups in total. The number of nitriles is 1. The number of carbonyl (C=O) groups is 1. The van der Waals surface area contributed by atoms with Gasteiger partial charge in [0.1, 0.15) is 17.0 Å². The first-order valence-electron chi connectivity index (χ1n) is 10.7. The molecule has 160 valence electrons. The molecule has 0 radical (unpaired) electrons. The molecule has 0 aromatic heterocycles. The molecule has 2 aliphatic heterocycles. The van der Waals surface area contributed by atoms with Gasteiger partial charge in [-0.25, -0.2) is 4.79 Å². The fourth-order valence-corrected chi connectivity index (χ4v) is 4.17. The molecule has 0 bridgehead atoms. The quantitative estimate of drug-likeness (QED) is 0.662. The van der Waals surface area contributed by atoms with Gasteiger partial charge in [0.15, 0.2) is 0 Å². The maximum Gasteiger partial charge on any atom is 0.410 e. The van der Waals surface area contributed by atoms with Gasteiger partial charge < -0.3 is 14.4 Å². The van der Waals surface area contributed by atoms with Crippen LogP contribution in [0.25, 0.3) is 5.57 Å². The van der Waals surface area contributed by atoms with Crippen LogP contribution in [-0.4, -0.2) is 35.3 Å². The van der Waals surface area contributed by atoms with Gasteiger partial charge >= 0.3 is 6.09 Å². The van der Waals surface area contributed by atoms with Gasteiger partial charge in [-0.3, -0.25) is 0 Å². The Hall–Kier alpha value is -3.26. The Bertz CT molecular complexity index is 1030. The molecule has 0 saturated carbocycles. The van der Waals surface area contributed by atoms with E-state index in [2.05, 4.69) is 18.2 Å². The molecule has 5 heteroatoms. The molecule has 1 saturated heterocycles. The molecule has 1 fully saturated rings. The number of piperidine rings is 1. The highest BCUT2D eigenvalue weighted by Crippen LogP contribution is 2.42. The molecule has 0 aliphatic carbocycles. The van der Waals surface area contributed by atoms with Crippen molar-refractivity contribution in [3.63, 3.8) is 0 Å². The first kappa shape index (κ1) is 21.0. The Labute approximate surface area is 183 Å². The lowest BCUT2D eigenvalue weighted by Gasteiger charge is -2.43. The van der Waals surface area contributed by atoms with Crippen LogP contribution >= 0.6 is 0 Å². The summed E-state index contributed by atoms with van der Waals surface area (Å²) in [4.78, 5) is 14.2. The van der Waals surface area contributed by atoms with Crippen molar-refractivity contribution in [2.45, 2.75) is 51.2 Å². The van der Waals surface area contributed by atoms with Gasteiger partial charge in [0.2, 0.25) is 0 Å². The number of carbonyl (C=O) groups excluding carboxylic acids is 1. The molecule has 0 atom stereocenters. The normalized spacial score (nSPS) is 17.2. The third-order valence-electron chi connectivity index (χ3n) is 5.72. The van der Waals surface area contributed by atoms with Crippen LogP contribution in [0.15, 0.2) is 54.6 Å². The van der Waals surface area contributed by atoms with Crippen LogP contribution in [0.3, 0.4) is 0 Å². The summed E-state index contributed by atoms with van der Waals surface area (Å²) in [6.07, 6.45) is 4.19. The minimum absolute atomic E-state index is 0.264. The zero-order chi connectivity index (χ0) is 22.1. The van der Waals surface area contributed by atoms with Crippen molar-refractivity contribution in [2.24, 2.45) is 0 Å². The number of allylic oxidation sites excluding steroid dienone is 1. The summed E-state index contributed by atoms with van der Waals surface area (Å²) in [6.45, 7) is 6.84. The summed E-state index contributed by atoms with van der Waals surface area (Å²) in [7, 11) is 0. The molecule has 2 aromatic rings. The number of fused-ring (bicyclic) bond motifs is 1. The van der Waals surface area contributed by atoms with E-state index in [1.165, 1.54) is 5.57 Å². The van der Waals surface area contributed by atoms with Crippen LogP contribution in [0.5, 0.6) is 5.75 Å². The number of rotatable bonds is 2. The number of likely N-dealkylation sites (tertiary alicyclic amines) is 1. The van der Waals surface area contributed by atoms with E-state index >= 15 is 0 Å². The smallest absolute Gasteiger partial charge is 0.410 e. The highest BCUT2D eigenvalue weighted by Gasteiger charge is 2.40.